The van der Waals surface area contributed by atoms with E-state index in [-0.39, 0.29) is 5.91 Å². The van der Waals surface area contributed by atoms with E-state index in [9.17, 15) is 4.79 Å². The molecule has 0 bridgehead atoms. The lowest BCUT2D eigenvalue weighted by molar-refractivity contribution is -0.118. The summed E-state index contributed by atoms with van der Waals surface area (Å²) in [7, 11) is 0. The van der Waals surface area contributed by atoms with Crippen molar-refractivity contribution in [1.82, 2.24) is 15.2 Å². The molecule has 0 spiro atoms. The molecule has 0 saturated carbocycles. The van der Waals surface area contributed by atoms with E-state index in [2.05, 4.69) is 21.3 Å². The van der Waals surface area contributed by atoms with Gasteiger partial charge in [-0.2, -0.15) is 10.4 Å². The molecule has 0 unspecified atom stereocenters. The minimum absolute atomic E-state index is 0.0882. The van der Waals surface area contributed by atoms with E-state index in [0.717, 1.165) is 41.0 Å². The Morgan fingerprint density at radius 2 is 1.96 bits per heavy atom. The minimum atomic E-state index is 0.0882. The van der Waals surface area contributed by atoms with Crippen molar-refractivity contribution in [2.75, 3.05) is 11.4 Å². The summed E-state index contributed by atoms with van der Waals surface area (Å²) in [6.07, 6.45) is 6.41. The fourth-order valence-electron chi connectivity index (χ4n) is 3.47. The van der Waals surface area contributed by atoms with Crippen molar-refractivity contribution < 1.29 is 4.79 Å². The molecule has 6 nitrogen and oxygen atoms in total. The molecule has 27 heavy (non-hydrogen) atoms. The molecular weight excluding hydrogens is 338 g/mol. The van der Waals surface area contributed by atoms with Crippen LogP contribution in [0.15, 0.2) is 48.8 Å². The van der Waals surface area contributed by atoms with Crippen molar-refractivity contribution in [3.63, 3.8) is 0 Å². The first-order valence-corrected chi connectivity index (χ1v) is 9.03. The Balaban J connectivity index is 1.50. The Kier molecular flexibility index (Phi) is 4.67. The molecule has 1 amide bonds. The number of hydrogen-bond acceptors (Lipinski definition) is 4. The van der Waals surface area contributed by atoms with E-state index >= 15 is 0 Å². The largest absolute Gasteiger partial charge is 0.297 e. The maximum atomic E-state index is 12.8. The SMILES string of the molecule is N#Cc1ccc(CCC(=O)N2CCCc3c(-c4ccncc4)n[nH]c32)cc1. The van der Waals surface area contributed by atoms with Crippen LogP contribution >= 0.6 is 0 Å². The van der Waals surface area contributed by atoms with Gasteiger partial charge in [0, 0.05) is 36.5 Å². The van der Waals surface area contributed by atoms with Crippen LogP contribution in [0.1, 0.15) is 29.5 Å². The normalized spacial score (nSPS) is 13.1. The molecule has 0 atom stereocenters. The maximum Gasteiger partial charge on any atom is 0.228 e. The number of carbonyl (C=O) groups is 1. The van der Waals surface area contributed by atoms with Gasteiger partial charge in [0.2, 0.25) is 5.91 Å². The highest BCUT2D eigenvalue weighted by molar-refractivity contribution is 5.94. The van der Waals surface area contributed by atoms with Crippen LogP contribution in [0.25, 0.3) is 11.3 Å². The number of nitrogens with one attached hydrogen (secondary N) is 1. The lowest BCUT2D eigenvalue weighted by Crippen LogP contribution is -2.35. The highest BCUT2D eigenvalue weighted by Gasteiger charge is 2.27. The van der Waals surface area contributed by atoms with Crippen LogP contribution in [0.4, 0.5) is 5.82 Å². The van der Waals surface area contributed by atoms with E-state index in [1.165, 1.54) is 0 Å². The van der Waals surface area contributed by atoms with Gasteiger partial charge in [-0.1, -0.05) is 12.1 Å². The Morgan fingerprint density at radius 1 is 1.19 bits per heavy atom. The number of rotatable bonds is 4. The summed E-state index contributed by atoms with van der Waals surface area (Å²) in [6, 6.07) is 13.4. The van der Waals surface area contributed by atoms with Crippen LogP contribution in [0.5, 0.6) is 0 Å². The lowest BCUT2D eigenvalue weighted by atomic mass is 10.0. The molecule has 2 aromatic heterocycles. The number of carbonyl (C=O) groups excluding carboxylic acids is 1. The average molecular weight is 357 g/mol. The van der Waals surface area contributed by atoms with Gasteiger partial charge in [0.25, 0.3) is 0 Å². The van der Waals surface area contributed by atoms with Gasteiger partial charge in [-0.15, -0.1) is 0 Å². The van der Waals surface area contributed by atoms with Crippen LogP contribution in [-0.2, 0) is 17.6 Å². The Hall–Kier alpha value is -3.46. The third kappa shape index (κ3) is 3.44. The number of aromatic amines is 1. The van der Waals surface area contributed by atoms with Gasteiger partial charge in [-0.05, 0) is 49.1 Å². The molecule has 0 radical (unpaired) electrons. The smallest absolute Gasteiger partial charge is 0.228 e. The molecule has 134 valence electrons. The number of fused-ring (bicyclic) bond motifs is 1. The molecule has 0 fully saturated rings. The zero-order valence-corrected chi connectivity index (χ0v) is 14.9. The van der Waals surface area contributed by atoms with Crippen LogP contribution in [-0.4, -0.2) is 27.6 Å². The molecule has 0 aliphatic carbocycles. The van der Waals surface area contributed by atoms with Crippen molar-refractivity contribution >= 4 is 11.7 Å². The Morgan fingerprint density at radius 3 is 2.70 bits per heavy atom. The van der Waals surface area contributed by atoms with Crippen molar-refractivity contribution in [1.29, 1.82) is 5.26 Å². The third-order valence-electron chi connectivity index (χ3n) is 4.89. The molecule has 6 heteroatoms. The second kappa shape index (κ2) is 7.42. The molecule has 1 aromatic carbocycles. The maximum absolute atomic E-state index is 12.8. The number of H-pyrrole nitrogens is 1. The lowest BCUT2D eigenvalue weighted by Gasteiger charge is -2.26. The number of hydrogen-bond donors (Lipinski definition) is 1. The molecule has 0 saturated heterocycles. The predicted octanol–water partition coefficient (Wildman–Crippen LogP) is 3.26. The van der Waals surface area contributed by atoms with Crippen LogP contribution in [0, 0.1) is 11.3 Å². The summed E-state index contributed by atoms with van der Waals surface area (Å²) in [5.41, 5.74) is 4.69. The molecule has 4 rings (SSSR count). The summed E-state index contributed by atoms with van der Waals surface area (Å²) < 4.78 is 0. The van der Waals surface area contributed by atoms with Gasteiger partial charge in [-0.25, -0.2) is 0 Å². The van der Waals surface area contributed by atoms with Gasteiger partial charge in [0.1, 0.15) is 5.82 Å². The zero-order valence-electron chi connectivity index (χ0n) is 14.9. The van der Waals surface area contributed by atoms with E-state index < -0.39 is 0 Å². The van der Waals surface area contributed by atoms with Crippen molar-refractivity contribution in [2.45, 2.75) is 25.7 Å². The molecule has 1 aliphatic rings. The summed E-state index contributed by atoms with van der Waals surface area (Å²) in [5.74, 6) is 0.906. The van der Waals surface area contributed by atoms with Crippen molar-refractivity contribution in [3.05, 3.63) is 65.5 Å². The highest BCUT2D eigenvalue weighted by Crippen LogP contribution is 2.33. The number of aromatic nitrogens is 3. The molecule has 3 heterocycles. The summed E-state index contributed by atoms with van der Waals surface area (Å²) in [6.45, 7) is 0.706. The Bertz CT molecular complexity index is 986. The van der Waals surface area contributed by atoms with E-state index in [4.69, 9.17) is 5.26 Å². The molecule has 1 aliphatic heterocycles. The first kappa shape index (κ1) is 17.0. The van der Waals surface area contributed by atoms with Crippen LogP contribution in [0.2, 0.25) is 0 Å². The van der Waals surface area contributed by atoms with Gasteiger partial charge < -0.3 is 0 Å². The number of anilines is 1. The summed E-state index contributed by atoms with van der Waals surface area (Å²) in [5, 5.41) is 16.4. The van der Waals surface area contributed by atoms with E-state index in [1.807, 2.05) is 29.2 Å². The fraction of sp³-hybridized carbons (Fsp3) is 0.238. The summed E-state index contributed by atoms with van der Waals surface area (Å²) in [4.78, 5) is 18.7. The molecule has 3 aromatic rings. The number of nitriles is 1. The van der Waals surface area contributed by atoms with E-state index in [1.54, 1.807) is 24.5 Å². The van der Waals surface area contributed by atoms with Crippen LogP contribution in [0.3, 0.4) is 0 Å². The second-order valence-corrected chi connectivity index (χ2v) is 6.59. The summed E-state index contributed by atoms with van der Waals surface area (Å²) >= 11 is 0. The van der Waals surface area contributed by atoms with Gasteiger partial charge in [0.15, 0.2) is 0 Å². The minimum Gasteiger partial charge on any atom is -0.297 e. The predicted molar refractivity (Wildman–Crippen MR) is 102 cm³/mol. The van der Waals surface area contributed by atoms with Gasteiger partial charge in [0.05, 0.1) is 17.3 Å². The monoisotopic (exact) mass is 357 g/mol. The first-order chi connectivity index (χ1) is 13.3. The topological polar surface area (TPSA) is 85.7 Å². The van der Waals surface area contributed by atoms with Crippen molar-refractivity contribution in [2.24, 2.45) is 0 Å². The first-order valence-electron chi connectivity index (χ1n) is 9.03. The number of pyridine rings is 1. The standard InChI is InChI=1S/C21H19N5O/c22-14-16-5-3-15(4-6-16)7-8-19(27)26-13-1-2-18-20(24-25-21(18)26)17-9-11-23-12-10-17/h3-6,9-12H,1-2,7-8,13H2,(H,24,25). The van der Waals surface area contributed by atoms with Crippen LogP contribution < -0.4 is 4.90 Å². The fourth-order valence-corrected chi connectivity index (χ4v) is 3.47. The van der Waals surface area contributed by atoms with Crippen molar-refractivity contribution in [3.8, 4) is 17.3 Å². The number of benzene rings is 1. The Labute approximate surface area is 157 Å². The number of amides is 1. The van der Waals surface area contributed by atoms with Gasteiger partial charge >= 0.3 is 0 Å². The number of aryl methyl sites for hydroxylation is 1. The third-order valence-corrected chi connectivity index (χ3v) is 4.89. The second-order valence-electron chi connectivity index (χ2n) is 6.59. The van der Waals surface area contributed by atoms with Gasteiger partial charge in [-0.3, -0.25) is 19.8 Å². The average Bonchev–Trinajstić information content (AvgIpc) is 3.17. The highest BCUT2D eigenvalue weighted by atomic mass is 16.2. The quantitative estimate of drug-likeness (QED) is 0.776. The molecular formula is C21H19N5O. The number of nitrogens with zero attached hydrogens (tertiary/aromatic N) is 4. The van der Waals surface area contributed by atoms with E-state index in [0.29, 0.717) is 24.9 Å². The molecule has 1 N–H and O–H groups in total. The zero-order chi connectivity index (χ0) is 18.6.